The highest BCUT2D eigenvalue weighted by Gasteiger charge is 2.33. The van der Waals surface area contributed by atoms with Crippen LogP contribution in [0.3, 0.4) is 0 Å². The highest BCUT2D eigenvalue weighted by atomic mass is 16.2. The third-order valence-corrected chi connectivity index (χ3v) is 6.92. The number of nitrogens with one attached hydrogen (secondary N) is 1. The van der Waals surface area contributed by atoms with E-state index in [1.54, 1.807) is 4.90 Å². The third-order valence-electron chi connectivity index (χ3n) is 6.92. The van der Waals surface area contributed by atoms with Crippen molar-refractivity contribution in [2.45, 2.75) is 109 Å². The maximum Gasteiger partial charge on any atom is 0.330 e. The average Bonchev–Trinajstić information content (AvgIpc) is 3.24. The molecule has 2 aliphatic carbocycles. The van der Waals surface area contributed by atoms with Gasteiger partial charge in [-0.2, -0.15) is 0 Å². The first kappa shape index (κ1) is 23.6. The quantitative estimate of drug-likeness (QED) is 0.579. The molecule has 174 valence electrons. The summed E-state index contributed by atoms with van der Waals surface area (Å²) in [6, 6.07) is 0.433. The zero-order chi connectivity index (χ0) is 22.2. The lowest BCUT2D eigenvalue weighted by Crippen LogP contribution is -2.92. The number of hydrogen-bond donors (Lipinski definition) is 3. The zero-order valence-electron chi connectivity index (χ0n) is 19.0. The number of nitrogens with two attached hydrogens (primary N) is 2. The van der Waals surface area contributed by atoms with E-state index in [1.165, 1.54) is 36.7 Å². The van der Waals surface area contributed by atoms with Gasteiger partial charge in [0.2, 0.25) is 0 Å². The van der Waals surface area contributed by atoms with Gasteiger partial charge >= 0.3 is 5.69 Å². The van der Waals surface area contributed by atoms with Crippen LogP contribution in [0.15, 0.2) is 9.59 Å². The molecular weight excluding hydrogens is 394 g/mol. The number of carbonyl (C=O) groups is 1. The number of carbonyl (C=O) groups excluding carboxylic acids is 1. The predicted molar refractivity (Wildman–Crippen MR) is 123 cm³/mol. The van der Waals surface area contributed by atoms with E-state index < -0.39 is 11.2 Å². The summed E-state index contributed by atoms with van der Waals surface area (Å²) in [4.78, 5) is 42.6. The Kier molecular flexibility index (Phi) is 8.75. The lowest BCUT2D eigenvalue weighted by Gasteiger charge is -2.30. The molecule has 2 aliphatic rings. The number of aromatic nitrogens is 2. The fourth-order valence-electron chi connectivity index (χ4n) is 5.11. The molecule has 1 amide bonds. The van der Waals surface area contributed by atoms with Crippen molar-refractivity contribution in [3.63, 3.8) is 0 Å². The van der Waals surface area contributed by atoms with Gasteiger partial charge in [-0.25, -0.2) is 4.79 Å². The molecule has 0 saturated heterocycles. The van der Waals surface area contributed by atoms with Crippen LogP contribution >= 0.6 is 0 Å². The van der Waals surface area contributed by atoms with Gasteiger partial charge in [0.15, 0.2) is 12.2 Å². The summed E-state index contributed by atoms with van der Waals surface area (Å²) in [7, 11) is 0. The molecule has 2 fully saturated rings. The van der Waals surface area contributed by atoms with Crippen LogP contribution in [0.2, 0.25) is 0 Å². The molecule has 0 aromatic carbocycles. The number of aromatic amines is 1. The third kappa shape index (κ3) is 5.99. The molecule has 31 heavy (non-hydrogen) atoms. The summed E-state index contributed by atoms with van der Waals surface area (Å²) in [6.07, 6.45) is 14.1. The number of quaternary nitrogens is 1. The van der Waals surface area contributed by atoms with Crippen LogP contribution < -0.4 is 27.2 Å². The second-order valence-electron chi connectivity index (χ2n) is 9.25. The number of amides is 1. The molecule has 0 bridgehead atoms. The molecule has 1 aromatic rings. The van der Waals surface area contributed by atoms with Gasteiger partial charge in [0, 0.05) is 12.6 Å². The summed E-state index contributed by atoms with van der Waals surface area (Å²) in [5.74, 6) is 0.0419. The lowest BCUT2D eigenvalue weighted by atomic mass is 9.97. The largest absolute Gasteiger partial charge is 0.383 e. The molecular formula is C23H40N5O3+. The Morgan fingerprint density at radius 2 is 1.68 bits per heavy atom. The second-order valence-corrected chi connectivity index (χ2v) is 9.25. The van der Waals surface area contributed by atoms with E-state index in [0.717, 1.165) is 51.4 Å². The fourth-order valence-corrected chi connectivity index (χ4v) is 5.11. The first-order valence-electron chi connectivity index (χ1n) is 12.3. The molecule has 1 heterocycles. The van der Waals surface area contributed by atoms with E-state index in [1.807, 2.05) is 6.92 Å². The maximum atomic E-state index is 13.4. The molecule has 8 nitrogen and oxygen atoms in total. The second kappa shape index (κ2) is 11.5. The van der Waals surface area contributed by atoms with E-state index >= 15 is 0 Å². The van der Waals surface area contributed by atoms with Gasteiger partial charge in [-0.15, -0.1) is 0 Å². The first-order chi connectivity index (χ1) is 15.0. The Labute approximate surface area is 184 Å². The average molecular weight is 435 g/mol. The summed E-state index contributed by atoms with van der Waals surface area (Å²) in [6.45, 7) is 2.79. The van der Waals surface area contributed by atoms with E-state index in [2.05, 4.69) is 10.3 Å². The van der Waals surface area contributed by atoms with Crippen molar-refractivity contribution < 1.29 is 10.1 Å². The van der Waals surface area contributed by atoms with Gasteiger partial charge in [-0.3, -0.25) is 24.0 Å². The van der Waals surface area contributed by atoms with E-state index in [4.69, 9.17) is 5.73 Å². The fraction of sp³-hybridized carbons (Fsp3) is 0.783. The van der Waals surface area contributed by atoms with Crippen LogP contribution in [0.25, 0.3) is 0 Å². The highest BCUT2D eigenvalue weighted by Crippen LogP contribution is 2.29. The van der Waals surface area contributed by atoms with Crippen molar-refractivity contribution >= 4 is 17.4 Å². The molecule has 0 atom stereocenters. The minimum atomic E-state index is -0.554. The minimum Gasteiger partial charge on any atom is -0.383 e. The van der Waals surface area contributed by atoms with Crippen LogP contribution in [-0.4, -0.2) is 34.1 Å². The Morgan fingerprint density at radius 3 is 2.32 bits per heavy atom. The van der Waals surface area contributed by atoms with Crippen molar-refractivity contribution in [3.8, 4) is 0 Å². The van der Waals surface area contributed by atoms with Crippen molar-refractivity contribution in [1.29, 1.82) is 0 Å². The van der Waals surface area contributed by atoms with Crippen molar-refractivity contribution in [3.05, 3.63) is 20.8 Å². The van der Waals surface area contributed by atoms with Crippen molar-refractivity contribution in [2.24, 2.45) is 0 Å². The van der Waals surface area contributed by atoms with Crippen LogP contribution in [0.5, 0.6) is 0 Å². The van der Waals surface area contributed by atoms with Gasteiger partial charge in [0.25, 0.3) is 11.5 Å². The molecule has 1 aromatic heterocycles. The van der Waals surface area contributed by atoms with Gasteiger partial charge in [0.05, 0.1) is 6.04 Å². The minimum absolute atomic E-state index is 0.0289. The van der Waals surface area contributed by atoms with Gasteiger partial charge in [-0.05, 0) is 44.9 Å². The van der Waals surface area contributed by atoms with E-state index in [9.17, 15) is 14.4 Å². The SMILES string of the molecule is CCCCn1c(N)c(N(C(=O)C[NH2+]C2CCCCCCC2)C2CCCC2)c(=O)[nH]c1=O. The van der Waals surface area contributed by atoms with E-state index in [0.29, 0.717) is 19.1 Å². The molecule has 0 unspecified atom stereocenters. The lowest BCUT2D eigenvalue weighted by molar-refractivity contribution is -0.680. The Balaban J connectivity index is 1.84. The molecule has 3 rings (SSSR count). The molecule has 0 spiro atoms. The standard InChI is InChI=1S/C23H39N5O3/c1-2-3-15-27-21(24)20(22(30)26-23(27)31)28(18-13-9-10-14-18)19(29)16-25-17-11-7-5-4-6-8-12-17/h17-18,25H,2-16,24H2,1H3,(H,26,30,31)/p+1. The predicted octanol–water partition coefficient (Wildman–Crippen LogP) is 1.87. The van der Waals surface area contributed by atoms with Crippen LogP contribution in [-0.2, 0) is 11.3 Å². The summed E-state index contributed by atoms with van der Waals surface area (Å²) < 4.78 is 1.41. The van der Waals surface area contributed by atoms with Gasteiger partial charge in [0.1, 0.15) is 5.82 Å². The molecule has 0 aliphatic heterocycles. The number of unbranched alkanes of at least 4 members (excludes halogenated alkanes) is 1. The Morgan fingerprint density at radius 1 is 1.06 bits per heavy atom. The van der Waals surface area contributed by atoms with Crippen molar-refractivity contribution in [2.75, 3.05) is 17.2 Å². The molecule has 8 heteroatoms. The smallest absolute Gasteiger partial charge is 0.330 e. The van der Waals surface area contributed by atoms with Crippen LogP contribution in [0.4, 0.5) is 11.5 Å². The van der Waals surface area contributed by atoms with Crippen LogP contribution in [0, 0.1) is 0 Å². The highest BCUT2D eigenvalue weighted by molar-refractivity contribution is 5.96. The summed E-state index contributed by atoms with van der Waals surface area (Å²) in [5.41, 5.74) is 5.46. The molecule has 0 radical (unpaired) electrons. The number of nitrogens with zero attached hydrogens (tertiary/aromatic N) is 2. The number of rotatable bonds is 8. The van der Waals surface area contributed by atoms with E-state index in [-0.39, 0.29) is 23.5 Å². The number of H-pyrrole nitrogens is 1. The van der Waals surface area contributed by atoms with Crippen molar-refractivity contribution in [1.82, 2.24) is 9.55 Å². The molecule has 5 N–H and O–H groups in total. The zero-order valence-corrected chi connectivity index (χ0v) is 19.0. The normalized spacial score (nSPS) is 18.6. The summed E-state index contributed by atoms with van der Waals surface area (Å²) >= 11 is 0. The Hall–Kier alpha value is -2.09. The number of hydrogen-bond acceptors (Lipinski definition) is 4. The Bertz CT molecular complexity index is 833. The monoisotopic (exact) mass is 434 g/mol. The van der Waals surface area contributed by atoms with Crippen LogP contribution in [0.1, 0.15) is 90.4 Å². The van der Waals surface area contributed by atoms with Gasteiger partial charge in [-0.1, -0.05) is 45.4 Å². The number of nitrogen functional groups attached to an aromatic ring is 1. The first-order valence-corrected chi connectivity index (χ1v) is 12.3. The maximum absolute atomic E-state index is 13.4. The number of anilines is 2. The van der Waals surface area contributed by atoms with Gasteiger partial charge < -0.3 is 11.1 Å². The molecule has 2 saturated carbocycles. The topological polar surface area (TPSA) is 118 Å². The summed E-state index contributed by atoms with van der Waals surface area (Å²) in [5, 5.41) is 2.16.